The molecule has 2 aromatic rings. The van der Waals surface area contributed by atoms with E-state index in [1.807, 2.05) is 0 Å². The zero-order valence-corrected chi connectivity index (χ0v) is 16.5. The zero-order valence-electron chi connectivity index (χ0n) is 16.5. The number of alkyl halides is 8. The van der Waals surface area contributed by atoms with E-state index in [-0.39, 0.29) is 0 Å². The summed E-state index contributed by atoms with van der Waals surface area (Å²) in [7, 11) is 0. The lowest BCUT2D eigenvalue weighted by atomic mass is 10.00. The Hall–Kier alpha value is -2.95. The van der Waals surface area contributed by atoms with Crippen LogP contribution in [-0.2, 0) is 0 Å². The van der Waals surface area contributed by atoms with Crippen molar-refractivity contribution >= 4 is 0 Å². The van der Waals surface area contributed by atoms with Gasteiger partial charge in [-0.25, -0.2) is 30.7 Å². The van der Waals surface area contributed by atoms with Crippen molar-refractivity contribution in [2.24, 2.45) is 0 Å². The Labute approximate surface area is 187 Å². The molecule has 0 heterocycles. The van der Waals surface area contributed by atoms with E-state index in [1.165, 1.54) is 0 Å². The van der Waals surface area contributed by atoms with E-state index in [2.05, 4.69) is 4.74 Å². The summed E-state index contributed by atoms with van der Waals surface area (Å²) < 4.78 is 233. The fourth-order valence-corrected chi connectivity index (χ4v) is 2.54. The highest BCUT2D eigenvalue weighted by Gasteiger charge is 2.79. The molecule has 0 aliphatic carbocycles. The second-order valence-corrected chi connectivity index (χ2v) is 6.94. The van der Waals surface area contributed by atoms with E-state index in [0.29, 0.717) is 0 Å². The van der Waals surface area contributed by atoms with E-state index in [9.17, 15) is 74.6 Å². The number of hydrogen-bond acceptors (Lipinski definition) is 1. The average Bonchev–Trinajstić information content (AvgIpc) is 2.76. The molecule has 0 amide bonds. The minimum Gasteiger partial charge on any atom is -0.481 e. The summed E-state index contributed by atoms with van der Waals surface area (Å²) in [5.41, 5.74) is -5.23. The average molecular weight is 560 g/mol. The van der Waals surface area contributed by atoms with Crippen LogP contribution in [0.5, 0.6) is 5.75 Å². The molecule has 0 aliphatic rings. The summed E-state index contributed by atoms with van der Waals surface area (Å²) in [4.78, 5) is 0. The SMILES string of the molecule is CC(F)(F)C(F)(F)C(F)(F)C(F)(F)COc1c(F)c(F)c(-c2c(F)c(F)c(F)c(F)c2F)c(F)c1F. The van der Waals surface area contributed by atoms with Gasteiger partial charge in [0.05, 0.1) is 11.1 Å². The first-order chi connectivity index (χ1) is 16.0. The van der Waals surface area contributed by atoms with E-state index in [4.69, 9.17) is 0 Å². The zero-order chi connectivity index (χ0) is 28.3. The van der Waals surface area contributed by atoms with Gasteiger partial charge in [0.1, 0.15) is 0 Å². The third-order valence-corrected chi connectivity index (χ3v) is 4.49. The highest BCUT2D eigenvalue weighted by Crippen LogP contribution is 2.52. The Kier molecular flexibility index (Phi) is 7.21. The van der Waals surface area contributed by atoms with Crippen LogP contribution in [0.15, 0.2) is 0 Å². The van der Waals surface area contributed by atoms with Crippen LogP contribution >= 0.6 is 0 Å². The quantitative estimate of drug-likeness (QED) is 0.193. The number of ether oxygens (including phenoxy) is 1. The molecule has 0 bridgehead atoms. The molecule has 0 atom stereocenters. The van der Waals surface area contributed by atoms with E-state index < -0.39 is 106 Å². The van der Waals surface area contributed by atoms with Gasteiger partial charge >= 0.3 is 23.7 Å². The summed E-state index contributed by atoms with van der Waals surface area (Å²) in [6.07, 6.45) is 0. The van der Waals surface area contributed by atoms with Gasteiger partial charge < -0.3 is 4.74 Å². The van der Waals surface area contributed by atoms with Gasteiger partial charge in [0.2, 0.25) is 17.5 Å². The normalized spacial score (nSPS) is 13.4. The third-order valence-electron chi connectivity index (χ3n) is 4.49. The maximum absolute atomic E-state index is 14.2. The molecule has 36 heavy (non-hydrogen) atoms. The highest BCUT2D eigenvalue weighted by molar-refractivity contribution is 5.68. The monoisotopic (exact) mass is 560 g/mol. The second kappa shape index (κ2) is 8.86. The summed E-state index contributed by atoms with van der Waals surface area (Å²) in [6.45, 7) is -4.22. The van der Waals surface area contributed by atoms with Crippen LogP contribution in [-0.4, -0.2) is 30.3 Å². The fourth-order valence-electron chi connectivity index (χ4n) is 2.54. The van der Waals surface area contributed by atoms with Crippen molar-refractivity contribution in [2.45, 2.75) is 30.6 Å². The molecular weight excluding hydrogens is 555 g/mol. The van der Waals surface area contributed by atoms with Crippen LogP contribution in [0.25, 0.3) is 11.1 Å². The van der Waals surface area contributed by atoms with Gasteiger partial charge in [0.15, 0.2) is 47.3 Å². The van der Waals surface area contributed by atoms with Crippen LogP contribution in [0.2, 0.25) is 0 Å². The number of rotatable bonds is 7. The molecule has 0 fully saturated rings. The van der Waals surface area contributed by atoms with E-state index in [0.717, 1.165) is 0 Å². The predicted octanol–water partition coefficient (Wildman–Crippen LogP) is 7.55. The lowest BCUT2D eigenvalue weighted by Crippen LogP contribution is -2.62. The molecule has 2 aromatic carbocycles. The Morgan fingerprint density at radius 1 is 0.472 bits per heavy atom. The molecule has 0 aromatic heterocycles. The Balaban J connectivity index is 2.63. The smallest absolute Gasteiger partial charge is 0.381 e. The first-order valence-electron chi connectivity index (χ1n) is 8.56. The minimum atomic E-state index is -7.00. The van der Waals surface area contributed by atoms with Crippen molar-refractivity contribution in [3.8, 4) is 16.9 Å². The molecule has 0 radical (unpaired) electrons. The lowest BCUT2D eigenvalue weighted by molar-refractivity contribution is -0.365. The molecule has 0 saturated heterocycles. The summed E-state index contributed by atoms with van der Waals surface area (Å²) in [5.74, 6) is -55.7. The summed E-state index contributed by atoms with van der Waals surface area (Å²) in [5, 5.41) is 0. The first kappa shape index (κ1) is 29.3. The van der Waals surface area contributed by atoms with Crippen LogP contribution < -0.4 is 4.74 Å². The largest absolute Gasteiger partial charge is 0.481 e. The van der Waals surface area contributed by atoms with Gasteiger partial charge in [-0.15, -0.1) is 0 Å². The number of benzene rings is 2. The second-order valence-electron chi connectivity index (χ2n) is 6.94. The van der Waals surface area contributed by atoms with Crippen molar-refractivity contribution in [3.05, 3.63) is 52.4 Å². The van der Waals surface area contributed by atoms with Gasteiger partial charge in [0, 0.05) is 6.92 Å². The van der Waals surface area contributed by atoms with Crippen LogP contribution in [0.3, 0.4) is 0 Å². The molecule has 0 unspecified atom stereocenters. The third kappa shape index (κ3) is 4.16. The lowest BCUT2D eigenvalue weighted by Gasteiger charge is -2.35. The van der Waals surface area contributed by atoms with Gasteiger partial charge in [-0.05, 0) is 0 Å². The van der Waals surface area contributed by atoms with Crippen molar-refractivity contribution in [1.29, 1.82) is 0 Å². The van der Waals surface area contributed by atoms with Crippen molar-refractivity contribution in [1.82, 2.24) is 0 Å². The maximum Gasteiger partial charge on any atom is 0.381 e. The van der Waals surface area contributed by atoms with E-state index in [1.54, 1.807) is 0 Å². The van der Waals surface area contributed by atoms with E-state index >= 15 is 0 Å². The van der Waals surface area contributed by atoms with Gasteiger partial charge in [-0.1, -0.05) is 0 Å². The maximum atomic E-state index is 14.2. The molecule has 0 aliphatic heterocycles. The first-order valence-corrected chi connectivity index (χ1v) is 8.56. The van der Waals surface area contributed by atoms with Crippen molar-refractivity contribution in [3.63, 3.8) is 0 Å². The van der Waals surface area contributed by atoms with Crippen LogP contribution in [0.4, 0.5) is 74.6 Å². The Morgan fingerprint density at radius 2 is 0.778 bits per heavy atom. The molecule has 0 spiro atoms. The van der Waals surface area contributed by atoms with Gasteiger partial charge in [-0.3, -0.25) is 0 Å². The molecule has 1 nitrogen and oxygen atoms in total. The minimum absolute atomic E-state index is 0.889. The Bertz CT molecular complexity index is 1140. The van der Waals surface area contributed by atoms with Crippen LogP contribution in [0.1, 0.15) is 6.92 Å². The molecule has 0 saturated carbocycles. The van der Waals surface area contributed by atoms with Gasteiger partial charge in [0.25, 0.3) is 0 Å². The highest BCUT2D eigenvalue weighted by atomic mass is 19.4. The number of hydrogen-bond donors (Lipinski definition) is 0. The number of halogens is 17. The standard InChI is InChI=1S/C18H5F17O/c1-15(28,29)17(32,33)18(34,35)16(30,31)2-36-14-12(26)7(21)4(8(22)13(14)27)3-5(19)9(23)11(25)10(24)6(3)20/h2H2,1H3. The fraction of sp³-hybridized carbons (Fsp3) is 0.333. The molecule has 0 N–H and O–H groups in total. The van der Waals surface area contributed by atoms with Gasteiger partial charge in [-0.2, -0.15) is 43.9 Å². The summed E-state index contributed by atoms with van der Waals surface area (Å²) >= 11 is 0. The molecule has 18 heteroatoms. The Morgan fingerprint density at radius 3 is 1.11 bits per heavy atom. The topological polar surface area (TPSA) is 9.23 Å². The molecule has 202 valence electrons. The predicted molar refractivity (Wildman–Crippen MR) is 82.5 cm³/mol. The van der Waals surface area contributed by atoms with Crippen molar-refractivity contribution < 1.29 is 79.4 Å². The molecular formula is C18H5F17O. The van der Waals surface area contributed by atoms with Crippen LogP contribution in [0, 0.1) is 52.4 Å². The molecule has 2 rings (SSSR count). The van der Waals surface area contributed by atoms with Crippen molar-refractivity contribution in [2.75, 3.05) is 6.61 Å². The summed E-state index contributed by atoms with van der Waals surface area (Å²) in [6, 6.07) is 0.